The number of esters is 1. The molecule has 0 radical (unpaired) electrons. The van der Waals surface area contributed by atoms with Crippen LogP contribution in [0, 0.1) is 25.2 Å². The van der Waals surface area contributed by atoms with E-state index in [4.69, 9.17) is 17.0 Å². The van der Waals surface area contributed by atoms with Crippen molar-refractivity contribution in [3.8, 4) is 0 Å². The topological polar surface area (TPSA) is 79.5 Å². The minimum atomic E-state index is -0.537. The van der Waals surface area contributed by atoms with E-state index >= 15 is 0 Å². The van der Waals surface area contributed by atoms with E-state index in [-0.39, 0.29) is 17.8 Å². The van der Waals surface area contributed by atoms with E-state index in [2.05, 4.69) is 48.0 Å². The number of nitrogens with one attached hydrogen (secondary N) is 3. The molecule has 0 spiro atoms. The van der Waals surface area contributed by atoms with Gasteiger partial charge in [0.25, 0.3) is 0 Å². The quantitative estimate of drug-likeness (QED) is 0.355. The molecule has 1 amide bonds. The maximum atomic E-state index is 12.3. The van der Waals surface area contributed by atoms with Crippen molar-refractivity contribution in [2.24, 2.45) is 11.3 Å². The third-order valence-corrected chi connectivity index (χ3v) is 5.73. The van der Waals surface area contributed by atoms with Crippen LogP contribution in [0.2, 0.25) is 0 Å². The van der Waals surface area contributed by atoms with Crippen LogP contribution >= 0.6 is 12.2 Å². The van der Waals surface area contributed by atoms with Gasteiger partial charge in [-0.2, -0.15) is 0 Å². The molecule has 0 bridgehead atoms. The van der Waals surface area contributed by atoms with Crippen LogP contribution in [0.1, 0.15) is 49.9 Å². The molecule has 0 fully saturated rings. The van der Waals surface area contributed by atoms with Gasteiger partial charge in [-0.1, -0.05) is 30.3 Å². The predicted octanol–water partition coefficient (Wildman–Crippen LogP) is 4.67. The first-order chi connectivity index (χ1) is 15.9. The number of amides is 1. The van der Waals surface area contributed by atoms with Gasteiger partial charge in [0.05, 0.1) is 12.0 Å². The van der Waals surface area contributed by atoms with Crippen LogP contribution in [0.5, 0.6) is 0 Å². The number of aryl methyl sites for hydroxylation is 2. The fourth-order valence-corrected chi connectivity index (χ4v) is 3.41. The number of carbonyl (C=O) groups is 2. The number of hydrogen-bond donors (Lipinski definition) is 3. The Hall–Kier alpha value is -2.93. The highest BCUT2D eigenvalue weighted by Crippen LogP contribution is 2.18. The van der Waals surface area contributed by atoms with Crippen molar-refractivity contribution in [1.29, 1.82) is 0 Å². The zero-order valence-corrected chi connectivity index (χ0v) is 21.9. The number of carbonyl (C=O) groups excluding carboxylic acids is 2. The minimum absolute atomic E-state index is 0.0742. The van der Waals surface area contributed by atoms with Crippen molar-refractivity contribution in [2.45, 2.75) is 54.5 Å². The molecule has 2 aromatic carbocycles. The zero-order valence-electron chi connectivity index (χ0n) is 21.1. The van der Waals surface area contributed by atoms with Gasteiger partial charge in [0.1, 0.15) is 0 Å². The summed E-state index contributed by atoms with van der Waals surface area (Å²) in [5.41, 5.74) is 4.98. The highest BCUT2D eigenvalue weighted by atomic mass is 32.1. The zero-order chi connectivity index (χ0) is 25.3. The van der Waals surface area contributed by atoms with Gasteiger partial charge in [0, 0.05) is 31.6 Å². The number of ether oxygens (including phenoxy) is 1. The molecule has 2 rings (SSSR count). The number of anilines is 1. The van der Waals surface area contributed by atoms with Gasteiger partial charge in [0.15, 0.2) is 5.11 Å². The number of thiocarbonyl (C=S) groups is 1. The highest BCUT2D eigenvalue weighted by Gasteiger charge is 2.24. The van der Waals surface area contributed by atoms with Gasteiger partial charge in [-0.3, -0.25) is 9.59 Å². The van der Waals surface area contributed by atoms with Crippen LogP contribution < -0.4 is 16.0 Å². The molecule has 0 saturated heterocycles. The standard InChI is InChI=1S/C27H37N3O3S/c1-18-7-8-22(13-19(18)2)14-23(17-33-25(32)27(4,5)6)16-29-26(34)28-15-21-9-11-24(12-10-21)30-20(3)31/h7-13,23H,14-17H2,1-6H3,(H,30,31)(H2,28,29,34). The molecule has 3 N–H and O–H groups in total. The Labute approximate surface area is 208 Å². The maximum absolute atomic E-state index is 12.3. The smallest absolute Gasteiger partial charge is 0.311 e. The summed E-state index contributed by atoms with van der Waals surface area (Å²) in [5.74, 6) is -0.231. The Kier molecular flexibility index (Phi) is 10.1. The van der Waals surface area contributed by atoms with Crippen LogP contribution in [-0.2, 0) is 27.3 Å². The lowest BCUT2D eigenvalue weighted by molar-refractivity contribution is -0.154. The second-order valence-corrected chi connectivity index (χ2v) is 10.2. The molecule has 0 saturated carbocycles. The summed E-state index contributed by atoms with van der Waals surface area (Å²) in [4.78, 5) is 23.4. The van der Waals surface area contributed by atoms with Crippen molar-refractivity contribution in [3.63, 3.8) is 0 Å². The molecule has 0 aromatic heterocycles. The van der Waals surface area contributed by atoms with Crippen molar-refractivity contribution in [3.05, 3.63) is 64.7 Å². The summed E-state index contributed by atoms with van der Waals surface area (Å²) < 4.78 is 5.62. The average Bonchev–Trinajstić information content (AvgIpc) is 2.76. The molecule has 6 nitrogen and oxygen atoms in total. The molecule has 0 aliphatic heterocycles. The minimum Gasteiger partial charge on any atom is -0.465 e. The number of hydrogen-bond acceptors (Lipinski definition) is 4. The largest absolute Gasteiger partial charge is 0.465 e. The average molecular weight is 484 g/mol. The lowest BCUT2D eigenvalue weighted by atomic mass is 9.96. The monoisotopic (exact) mass is 483 g/mol. The van der Waals surface area contributed by atoms with Gasteiger partial charge in [-0.05, 0) is 87.6 Å². The Balaban J connectivity index is 1.92. The lowest BCUT2D eigenvalue weighted by Crippen LogP contribution is -2.39. The van der Waals surface area contributed by atoms with Gasteiger partial charge in [0.2, 0.25) is 5.91 Å². The molecule has 0 aliphatic carbocycles. The predicted molar refractivity (Wildman–Crippen MR) is 142 cm³/mol. The Morgan fingerprint density at radius 1 is 0.971 bits per heavy atom. The molecule has 34 heavy (non-hydrogen) atoms. The highest BCUT2D eigenvalue weighted by molar-refractivity contribution is 7.80. The van der Waals surface area contributed by atoms with Crippen LogP contribution in [0.15, 0.2) is 42.5 Å². The first-order valence-electron chi connectivity index (χ1n) is 11.6. The van der Waals surface area contributed by atoms with Crippen LogP contribution in [0.25, 0.3) is 0 Å². The van der Waals surface area contributed by atoms with Crippen LogP contribution in [0.4, 0.5) is 5.69 Å². The van der Waals surface area contributed by atoms with Crippen LogP contribution in [0.3, 0.4) is 0 Å². The van der Waals surface area contributed by atoms with E-state index < -0.39 is 5.41 Å². The summed E-state index contributed by atoms with van der Waals surface area (Å²) >= 11 is 5.46. The SMILES string of the molecule is CC(=O)Nc1ccc(CNC(=S)NCC(COC(=O)C(C)(C)C)Cc2ccc(C)c(C)c2)cc1. The first-order valence-corrected chi connectivity index (χ1v) is 12.0. The lowest BCUT2D eigenvalue weighted by Gasteiger charge is -2.22. The molecule has 0 aliphatic rings. The molecular formula is C27H37N3O3S. The summed E-state index contributed by atoms with van der Waals surface area (Å²) in [6.07, 6.45) is 0.777. The molecule has 1 atom stereocenters. The maximum Gasteiger partial charge on any atom is 0.311 e. The molecular weight excluding hydrogens is 446 g/mol. The summed E-state index contributed by atoms with van der Waals surface area (Å²) in [7, 11) is 0. The number of rotatable bonds is 9. The van der Waals surface area contributed by atoms with Crippen LogP contribution in [-0.4, -0.2) is 30.1 Å². The fraction of sp³-hybridized carbons (Fsp3) is 0.444. The Morgan fingerprint density at radius 2 is 1.62 bits per heavy atom. The van der Waals surface area contributed by atoms with Crippen molar-refractivity contribution >= 4 is 34.9 Å². The van der Waals surface area contributed by atoms with E-state index in [0.29, 0.717) is 24.8 Å². The van der Waals surface area contributed by atoms with E-state index in [9.17, 15) is 9.59 Å². The summed E-state index contributed by atoms with van der Waals surface area (Å²) in [6.45, 7) is 12.7. The van der Waals surface area contributed by atoms with Crippen molar-refractivity contribution in [2.75, 3.05) is 18.5 Å². The first kappa shape index (κ1) is 27.3. The second-order valence-electron chi connectivity index (χ2n) is 9.78. The van der Waals surface area contributed by atoms with Gasteiger partial charge < -0.3 is 20.7 Å². The Morgan fingerprint density at radius 3 is 2.21 bits per heavy atom. The van der Waals surface area contributed by atoms with Crippen molar-refractivity contribution in [1.82, 2.24) is 10.6 Å². The molecule has 184 valence electrons. The van der Waals surface area contributed by atoms with Crippen molar-refractivity contribution < 1.29 is 14.3 Å². The third kappa shape index (κ3) is 9.51. The molecule has 2 aromatic rings. The fourth-order valence-electron chi connectivity index (χ4n) is 3.25. The van der Waals surface area contributed by atoms with Gasteiger partial charge in [-0.25, -0.2) is 0 Å². The third-order valence-electron chi connectivity index (χ3n) is 5.44. The molecule has 1 unspecified atom stereocenters. The second kappa shape index (κ2) is 12.5. The van der Waals surface area contributed by atoms with Gasteiger partial charge in [-0.15, -0.1) is 0 Å². The Bertz CT molecular complexity index is 997. The molecule has 0 heterocycles. The number of benzene rings is 2. The van der Waals surface area contributed by atoms with E-state index in [0.717, 1.165) is 17.7 Å². The molecule has 7 heteroatoms. The van der Waals surface area contributed by atoms with E-state index in [1.54, 1.807) is 0 Å². The van der Waals surface area contributed by atoms with E-state index in [1.807, 2.05) is 45.0 Å². The van der Waals surface area contributed by atoms with E-state index in [1.165, 1.54) is 23.6 Å². The van der Waals surface area contributed by atoms with Gasteiger partial charge >= 0.3 is 5.97 Å². The summed E-state index contributed by atoms with van der Waals surface area (Å²) in [5, 5.41) is 9.77. The normalized spacial score (nSPS) is 11.9. The summed E-state index contributed by atoms with van der Waals surface area (Å²) in [6, 6.07) is 14.0.